The molecule has 3 rings (SSSR count). The van der Waals surface area contributed by atoms with Crippen LogP contribution in [-0.2, 0) is 10.0 Å². The first kappa shape index (κ1) is 22.1. The zero-order chi connectivity index (χ0) is 22.4. The quantitative estimate of drug-likeness (QED) is 0.290. The van der Waals surface area contributed by atoms with Gasteiger partial charge in [0.25, 0.3) is 15.7 Å². The second kappa shape index (κ2) is 9.45. The van der Waals surface area contributed by atoms with E-state index in [4.69, 9.17) is 16.3 Å². The average Bonchev–Trinajstić information content (AvgIpc) is 2.75. The molecule has 0 atom stereocenters. The van der Waals surface area contributed by atoms with E-state index in [2.05, 4.69) is 15.2 Å². The minimum absolute atomic E-state index is 0.0508. The summed E-state index contributed by atoms with van der Waals surface area (Å²) in [5, 5.41) is 15.6. The summed E-state index contributed by atoms with van der Waals surface area (Å²) in [4.78, 5) is 10.2. The summed E-state index contributed by atoms with van der Waals surface area (Å²) in [7, 11) is -2.69. The molecule has 0 unspecified atom stereocenters. The number of methoxy groups -OCH3 is 1. The second-order valence-corrected chi connectivity index (χ2v) is 8.22. The lowest BCUT2D eigenvalue weighted by Crippen LogP contribution is -2.15. The zero-order valence-corrected chi connectivity index (χ0v) is 17.7. The molecule has 3 aromatic rings. The summed E-state index contributed by atoms with van der Waals surface area (Å²) in [5.41, 5.74) is 3.16. The first-order valence-electron chi connectivity index (χ1n) is 8.79. The number of anilines is 2. The third-order valence-electron chi connectivity index (χ3n) is 4.10. The van der Waals surface area contributed by atoms with Crippen molar-refractivity contribution in [3.8, 4) is 5.75 Å². The van der Waals surface area contributed by atoms with E-state index >= 15 is 0 Å². The van der Waals surface area contributed by atoms with Gasteiger partial charge in [0.05, 0.1) is 23.9 Å². The van der Waals surface area contributed by atoms with Gasteiger partial charge in [-0.25, -0.2) is 8.42 Å². The molecule has 0 bridgehead atoms. The molecule has 0 aliphatic rings. The normalized spacial score (nSPS) is 11.3. The van der Waals surface area contributed by atoms with Crippen LogP contribution in [0.15, 0.2) is 76.7 Å². The van der Waals surface area contributed by atoms with Crippen LogP contribution in [0.5, 0.6) is 5.75 Å². The largest absolute Gasteiger partial charge is 0.497 e. The maximum Gasteiger partial charge on any atom is 0.270 e. The summed E-state index contributed by atoms with van der Waals surface area (Å²) in [5.74, 6) is 0.551. The fraction of sp³-hybridized carbons (Fsp3) is 0.0500. The van der Waals surface area contributed by atoms with Crippen molar-refractivity contribution >= 4 is 44.9 Å². The van der Waals surface area contributed by atoms with Crippen LogP contribution in [0.25, 0.3) is 0 Å². The molecule has 0 saturated heterocycles. The third kappa shape index (κ3) is 5.50. The standard InChI is InChI=1S/C20H17ClN4O5S/c1-30-17-9-6-15(7-10-17)24-31(28,29)20-12-16(25(26)27)8-11-19(20)23-22-13-14-4-2-3-5-18(14)21/h2-13,23-24H,1H3. The Bertz CT molecular complexity index is 1230. The van der Waals surface area contributed by atoms with Gasteiger partial charge in [0, 0.05) is 28.4 Å². The van der Waals surface area contributed by atoms with Gasteiger partial charge in [-0.2, -0.15) is 5.10 Å². The predicted molar refractivity (Wildman–Crippen MR) is 120 cm³/mol. The van der Waals surface area contributed by atoms with E-state index in [1.807, 2.05) is 0 Å². The highest BCUT2D eigenvalue weighted by Crippen LogP contribution is 2.29. The molecule has 0 heterocycles. The molecule has 3 aromatic carbocycles. The van der Waals surface area contributed by atoms with Crippen LogP contribution in [0.3, 0.4) is 0 Å². The Labute approximate surface area is 183 Å². The summed E-state index contributed by atoms with van der Waals surface area (Å²) in [6, 6.07) is 16.5. The number of nitrogens with one attached hydrogen (secondary N) is 2. The Morgan fingerprint density at radius 1 is 1.10 bits per heavy atom. The monoisotopic (exact) mass is 460 g/mol. The molecule has 9 nitrogen and oxygen atoms in total. The molecule has 0 radical (unpaired) electrons. The van der Waals surface area contributed by atoms with Crippen LogP contribution in [0.1, 0.15) is 5.56 Å². The van der Waals surface area contributed by atoms with Gasteiger partial charge in [0.2, 0.25) is 0 Å². The van der Waals surface area contributed by atoms with Crippen LogP contribution in [0, 0.1) is 10.1 Å². The smallest absolute Gasteiger partial charge is 0.270 e. The molecule has 0 aliphatic heterocycles. The number of nitro groups is 1. The number of nitro benzene ring substituents is 1. The van der Waals surface area contributed by atoms with Gasteiger partial charge in [-0.15, -0.1) is 0 Å². The van der Waals surface area contributed by atoms with Gasteiger partial charge in [0.1, 0.15) is 10.6 Å². The van der Waals surface area contributed by atoms with E-state index in [0.717, 1.165) is 6.07 Å². The Morgan fingerprint density at radius 2 is 1.81 bits per heavy atom. The van der Waals surface area contributed by atoms with Gasteiger partial charge < -0.3 is 4.74 Å². The van der Waals surface area contributed by atoms with E-state index in [0.29, 0.717) is 16.3 Å². The maximum absolute atomic E-state index is 13.0. The Hall–Kier alpha value is -3.63. The molecule has 0 fully saturated rings. The minimum atomic E-state index is -4.18. The Kier molecular flexibility index (Phi) is 6.73. The van der Waals surface area contributed by atoms with Crippen molar-refractivity contribution in [2.75, 3.05) is 17.3 Å². The number of hydrazone groups is 1. The molecule has 160 valence electrons. The second-order valence-electron chi connectivity index (χ2n) is 6.16. The van der Waals surface area contributed by atoms with Crippen LogP contribution in [0.2, 0.25) is 5.02 Å². The van der Waals surface area contributed by atoms with E-state index in [-0.39, 0.29) is 22.0 Å². The molecule has 0 aromatic heterocycles. The highest BCUT2D eigenvalue weighted by atomic mass is 35.5. The molecule has 11 heteroatoms. The van der Waals surface area contributed by atoms with Crippen LogP contribution in [-0.4, -0.2) is 26.7 Å². The first-order valence-corrected chi connectivity index (χ1v) is 10.7. The van der Waals surface area contributed by atoms with Crippen molar-refractivity contribution in [3.05, 3.63) is 87.4 Å². The molecule has 0 spiro atoms. The van der Waals surface area contributed by atoms with Crippen molar-refractivity contribution < 1.29 is 18.1 Å². The average molecular weight is 461 g/mol. The number of non-ortho nitro benzene ring substituents is 1. The van der Waals surface area contributed by atoms with Gasteiger partial charge in [-0.05, 0) is 36.4 Å². The lowest BCUT2D eigenvalue weighted by atomic mass is 10.2. The molecule has 0 amide bonds. The van der Waals surface area contributed by atoms with E-state index < -0.39 is 14.9 Å². The molecule has 0 saturated carbocycles. The number of rotatable bonds is 8. The Morgan fingerprint density at radius 3 is 2.45 bits per heavy atom. The number of hydrogen-bond donors (Lipinski definition) is 2. The van der Waals surface area contributed by atoms with Crippen molar-refractivity contribution in [1.82, 2.24) is 0 Å². The number of sulfonamides is 1. The molecule has 31 heavy (non-hydrogen) atoms. The van der Waals surface area contributed by atoms with Crippen molar-refractivity contribution in [1.29, 1.82) is 0 Å². The third-order valence-corrected chi connectivity index (χ3v) is 5.87. The summed E-state index contributed by atoms with van der Waals surface area (Å²) < 4.78 is 33.4. The highest BCUT2D eigenvalue weighted by Gasteiger charge is 2.22. The fourth-order valence-electron chi connectivity index (χ4n) is 2.56. The lowest BCUT2D eigenvalue weighted by Gasteiger charge is -2.12. The zero-order valence-electron chi connectivity index (χ0n) is 16.2. The SMILES string of the molecule is COc1ccc(NS(=O)(=O)c2cc([N+](=O)[O-])ccc2NN=Cc2ccccc2Cl)cc1. The fourth-order valence-corrected chi connectivity index (χ4v) is 3.98. The number of hydrogen-bond acceptors (Lipinski definition) is 7. The number of halogens is 1. The van der Waals surface area contributed by atoms with Crippen molar-refractivity contribution in [2.45, 2.75) is 4.90 Å². The summed E-state index contributed by atoms with van der Waals surface area (Å²) >= 11 is 6.07. The molecule has 2 N–H and O–H groups in total. The van der Waals surface area contributed by atoms with Gasteiger partial charge in [0.15, 0.2) is 0 Å². The maximum atomic E-state index is 13.0. The number of nitrogens with zero attached hydrogens (tertiary/aromatic N) is 2. The lowest BCUT2D eigenvalue weighted by molar-refractivity contribution is -0.385. The molecular formula is C20H17ClN4O5S. The highest BCUT2D eigenvalue weighted by molar-refractivity contribution is 7.92. The van der Waals surface area contributed by atoms with Gasteiger partial charge >= 0.3 is 0 Å². The topological polar surface area (TPSA) is 123 Å². The molecular weight excluding hydrogens is 444 g/mol. The van der Waals surface area contributed by atoms with E-state index in [9.17, 15) is 18.5 Å². The van der Waals surface area contributed by atoms with Gasteiger partial charge in [-0.1, -0.05) is 29.8 Å². The summed E-state index contributed by atoms with van der Waals surface area (Å²) in [6.07, 6.45) is 1.41. The van der Waals surface area contributed by atoms with Crippen LogP contribution in [0.4, 0.5) is 17.1 Å². The minimum Gasteiger partial charge on any atom is -0.497 e. The first-order chi connectivity index (χ1) is 14.8. The van der Waals surface area contributed by atoms with E-state index in [1.165, 1.54) is 37.6 Å². The summed E-state index contributed by atoms with van der Waals surface area (Å²) in [6.45, 7) is 0. The van der Waals surface area contributed by atoms with Crippen LogP contribution < -0.4 is 14.9 Å². The predicted octanol–water partition coefficient (Wildman–Crippen LogP) is 4.50. The Balaban J connectivity index is 1.93. The number of benzene rings is 3. The van der Waals surface area contributed by atoms with Crippen molar-refractivity contribution in [2.24, 2.45) is 5.10 Å². The van der Waals surface area contributed by atoms with Gasteiger partial charge in [-0.3, -0.25) is 20.3 Å². The van der Waals surface area contributed by atoms with Crippen LogP contribution >= 0.6 is 11.6 Å². The number of ether oxygens (including phenoxy) is 1. The van der Waals surface area contributed by atoms with Crippen molar-refractivity contribution in [3.63, 3.8) is 0 Å². The van der Waals surface area contributed by atoms with E-state index in [1.54, 1.807) is 36.4 Å². The molecule has 0 aliphatic carbocycles.